The number of carbonyl (C=O) groups is 1. The molecule has 0 fully saturated rings. The second-order valence-corrected chi connectivity index (χ2v) is 4.02. The van der Waals surface area contributed by atoms with E-state index in [9.17, 15) is 18.7 Å². The Hall–Kier alpha value is -1.49. The highest BCUT2D eigenvalue weighted by Crippen LogP contribution is 2.21. The first-order chi connectivity index (χ1) is 7.23. The largest absolute Gasteiger partial charge is 0.381 e. The van der Waals surface area contributed by atoms with E-state index in [1.807, 2.05) is 0 Å². The van der Waals surface area contributed by atoms with Crippen molar-refractivity contribution in [2.75, 3.05) is 11.9 Å². The predicted octanol–water partition coefficient (Wildman–Crippen LogP) is 1.70. The molecule has 1 aromatic carbocycles. The molecule has 0 heterocycles. The van der Waals surface area contributed by atoms with Gasteiger partial charge in [-0.3, -0.25) is 4.79 Å². The Bertz CT molecular complexity index is 413. The lowest BCUT2D eigenvalue weighted by atomic mass is 10.1. The molecule has 0 saturated carbocycles. The lowest BCUT2D eigenvalue weighted by molar-refractivity contribution is -0.133. The zero-order valence-corrected chi connectivity index (χ0v) is 9.29. The van der Waals surface area contributed by atoms with Crippen molar-refractivity contribution >= 4 is 11.6 Å². The van der Waals surface area contributed by atoms with Crippen molar-refractivity contribution in [2.24, 2.45) is 0 Å². The Morgan fingerprint density at radius 3 is 2.38 bits per heavy atom. The zero-order valence-electron chi connectivity index (χ0n) is 9.29. The number of rotatable bonds is 2. The first-order valence-electron chi connectivity index (χ1n) is 4.69. The summed E-state index contributed by atoms with van der Waals surface area (Å²) in [5.74, 6) is -2.23. The predicted molar refractivity (Wildman–Crippen MR) is 56.1 cm³/mol. The molecule has 1 rings (SSSR count). The van der Waals surface area contributed by atoms with Crippen molar-refractivity contribution in [3.8, 4) is 0 Å². The van der Waals surface area contributed by atoms with Gasteiger partial charge in [-0.1, -0.05) is 0 Å². The van der Waals surface area contributed by atoms with Crippen LogP contribution in [-0.2, 0) is 4.79 Å². The van der Waals surface area contributed by atoms with Gasteiger partial charge in [-0.15, -0.1) is 0 Å². The van der Waals surface area contributed by atoms with Crippen LogP contribution in [0.5, 0.6) is 0 Å². The van der Waals surface area contributed by atoms with Crippen LogP contribution >= 0.6 is 0 Å². The van der Waals surface area contributed by atoms with E-state index in [1.165, 1.54) is 20.9 Å². The van der Waals surface area contributed by atoms with Crippen molar-refractivity contribution in [1.29, 1.82) is 0 Å². The molecule has 1 aromatic rings. The molecule has 0 unspecified atom stereocenters. The average molecular weight is 229 g/mol. The number of benzene rings is 1. The van der Waals surface area contributed by atoms with Crippen LogP contribution < -0.4 is 4.90 Å². The Morgan fingerprint density at radius 1 is 1.38 bits per heavy atom. The number of aliphatic hydroxyl groups is 1. The van der Waals surface area contributed by atoms with E-state index in [-0.39, 0.29) is 5.69 Å². The number of hydrogen-bond acceptors (Lipinski definition) is 2. The zero-order chi connectivity index (χ0) is 12.5. The molecule has 88 valence electrons. The molecule has 0 atom stereocenters. The third-order valence-electron chi connectivity index (χ3n) is 2.10. The maximum atomic E-state index is 13.3. The summed E-state index contributed by atoms with van der Waals surface area (Å²) in [6.07, 6.45) is 0. The maximum Gasteiger partial charge on any atom is 0.258 e. The van der Waals surface area contributed by atoms with Gasteiger partial charge in [0.25, 0.3) is 5.91 Å². The second-order valence-electron chi connectivity index (χ2n) is 4.02. The van der Waals surface area contributed by atoms with E-state index < -0.39 is 23.1 Å². The van der Waals surface area contributed by atoms with Gasteiger partial charge in [-0.2, -0.15) is 0 Å². The summed E-state index contributed by atoms with van der Waals surface area (Å²) < 4.78 is 26.0. The molecule has 0 aliphatic heterocycles. The van der Waals surface area contributed by atoms with E-state index in [0.29, 0.717) is 6.07 Å². The summed E-state index contributed by atoms with van der Waals surface area (Å²) in [5.41, 5.74) is -1.68. The second kappa shape index (κ2) is 4.17. The van der Waals surface area contributed by atoms with E-state index in [0.717, 1.165) is 17.0 Å². The lowest BCUT2D eigenvalue weighted by Crippen LogP contribution is -2.43. The lowest BCUT2D eigenvalue weighted by Gasteiger charge is -2.25. The number of nitrogens with zero attached hydrogens (tertiary/aromatic N) is 1. The van der Waals surface area contributed by atoms with Crippen molar-refractivity contribution in [2.45, 2.75) is 19.4 Å². The van der Waals surface area contributed by atoms with E-state index in [1.54, 1.807) is 0 Å². The number of likely N-dealkylation sites (N-methyl/N-ethyl adjacent to an activating group) is 1. The van der Waals surface area contributed by atoms with Gasteiger partial charge in [0, 0.05) is 13.1 Å². The number of amides is 1. The molecule has 0 aliphatic carbocycles. The molecule has 0 saturated heterocycles. The summed E-state index contributed by atoms with van der Waals surface area (Å²) in [4.78, 5) is 12.6. The van der Waals surface area contributed by atoms with E-state index in [2.05, 4.69) is 0 Å². The van der Waals surface area contributed by atoms with Crippen molar-refractivity contribution in [3.63, 3.8) is 0 Å². The number of halogens is 2. The number of carbonyl (C=O) groups excluding carboxylic acids is 1. The van der Waals surface area contributed by atoms with Gasteiger partial charge < -0.3 is 10.0 Å². The third kappa shape index (κ3) is 2.55. The molecule has 5 heteroatoms. The molecular formula is C11H13F2NO2. The van der Waals surface area contributed by atoms with Crippen LogP contribution in [0.1, 0.15) is 13.8 Å². The van der Waals surface area contributed by atoms with Crippen molar-refractivity contribution < 1.29 is 18.7 Å². The maximum absolute atomic E-state index is 13.3. The quantitative estimate of drug-likeness (QED) is 0.838. The van der Waals surface area contributed by atoms with Gasteiger partial charge in [0.05, 0.1) is 5.69 Å². The van der Waals surface area contributed by atoms with Gasteiger partial charge in [0.2, 0.25) is 0 Å². The standard InChI is InChI=1S/C11H13F2NO2/c1-11(2,16)10(15)14(3)9-5-4-7(12)6-8(9)13/h4-6,16H,1-3H3. The molecule has 0 radical (unpaired) electrons. The van der Waals surface area contributed by atoms with E-state index in [4.69, 9.17) is 0 Å². The Labute approximate surface area is 92.3 Å². The fraction of sp³-hybridized carbons (Fsp3) is 0.364. The van der Waals surface area contributed by atoms with Gasteiger partial charge in [0.15, 0.2) is 0 Å². The highest BCUT2D eigenvalue weighted by molar-refractivity contribution is 5.98. The summed E-state index contributed by atoms with van der Waals surface area (Å²) in [5, 5.41) is 9.48. The van der Waals surface area contributed by atoms with Crippen molar-refractivity contribution in [1.82, 2.24) is 0 Å². The molecule has 1 amide bonds. The third-order valence-corrected chi connectivity index (χ3v) is 2.10. The van der Waals surface area contributed by atoms with Crippen LogP contribution in [0.4, 0.5) is 14.5 Å². The summed E-state index contributed by atoms with van der Waals surface area (Å²) in [6, 6.07) is 2.88. The van der Waals surface area contributed by atoms with Gasteiger partial charge in [0.1, 0.15) is 17.2 Å². The van der Waals surface area contributed by atoms with Crippen LogP contribution in [0, 0.1) is 11.6 Å². The molecule has 0 aromatic heterocycles. The fourth-order valence-corrected chi connectivity index (χ4v) is 1.27. The minimum absolute atomic E-state index is 0.0754. The topological polar surface area (TPSA) is 40.5 Å². The monoisotopic (exact) mass is 229 g/mol. The highest BCUT2D eigenvalue weighted by Gasteiger charge is 2.29. The van der Waals surface area contributed by atoms with Gasteiger partial charge in [-0.25, -0.2) is 8.78 Å². The van der Waals surface area contributed by atoms with Gasteiger partial charge in [-0.05, 0) is 26.0 Å². The van der Waals surface area contributed by atoms with Gasteiger partial charge >= 0.3 is 0 Å². The molecule has 3 nitrogen and oxygen atoms in total. The van der Waals surface area contributed by atoms with Crippen LogP contribution in [-0.4, -0.2) is 23.7 Å². The molecule has 16 heavy (non-hydrogen) atoms. The van der Waals surface area contributed by atoms with E-state index >= 15 is 0 Å². The summed E-state index contributed by atoms with van der Waals surface area (Å²) in [6.45, 7) is 2.60. The van der Waals surface area contributed by atoms with Crippen LogP contribution in [0.3, 0.4) is 0 Å². The van der Waals surface area contributed by atoms with Crippen LogP contribution in [0.2, 0.25) is 0 Å². The Balaban J connectivity index is 3.06. The molecule has 1 N–H and O–H groups in total. The minimum atomic E-state index is -1.60. The Morgan fingerprint density at radius 2 is 1.94 bits per heavy atom. The smallest absolute Gasteiger partial charge is 0.258 e. The fourth-order valence-electron chi connectivity index (χ4n) is 1.27. The van der Waals surface area contributed by atoms with Crippen molar-refractivity contribution in [3.05, 3.63) is 29.8 Å². The number of hydrogen-bond donors (Lipinski definition) is 1. The molecular weight excluding hydrogens is 216 g/mol. The van der Waals surface area contributed by atoms with Crippen LogP contribution in [0.15, 0.2) is 18.2 Å². The summed E-state index contributed by atoms with van der Waals surface area (Å²) in [7, 11) is 1.32. The Kier molecular flexibility index (Phi) is 3.28. The molecule has 0 bridgehead atoms. The molecule has 0 spiro atoms. The SMILES string of the molecule is CN(C(=O)C(C)(C)O)c1ccc(F)cc1F. The number of anilines is 1. The van der Waals surface area contributed by atoms with Crippen LogP contribution in [0.25, 0.3) is 0 Å². The highest BCUT2D eigenvalue weighted by atomic mass is 19.1. The first-order valence-corrected chi connectivity index (χ1v) is 4.69. The summed E-state index contributed by atoms with van der Waals surface area (Å²) >= 11 is 0. The molecule has 0 aliphatic rings. The minimum Gasteiger partial charge on any atom is -0.381 e. The first kappa shape index (κ1) is 12.6. The average Bonchev–Trinajstić information content (AvgIpc) is 2.14. The normalized spacial score (nSPS) is 11.4.